The first-order valence-corrected chi connectivity index (χ1v) is 10.4. The van der Waals surface area contributed by atoms with Crippen LogP contribution in [0.15, 0.2) is 0 Å². The molecule has 1 aromatic rings. The predicted molar refractivity (Wildman–Crippen MR) is 103 cm³/mol. The summed E-state index contributed by atoms with van der Waals surface area (Å²) < 4.78 is 5.37. The lowest BCUT2D eigenvalue weighted by atomic mass is 9.79. The van der Waals surface area contributed by atoms with E-state index in [1.807, 2.05) is 13.8 Å². The molecule has 2 bridgehead atoms. The van der Waals surface area contributed by atoms with Crippen LogP contribution < -0.4 is 5.32 Å². The van der Waals surface area contributed by atoms with Crippen LogP contribution in [-0.4, -0.2) is 29.1 Å². The molecule has 3 rings (SSSR count). The number of esters is 1. The Morgan fingerprint density at radius 3 is 2.41 bits per heavy atom. The van der Waals surface area contributed by atoms with Gasteiger partial charge in [0, 0.05) is 4.88 Å². The number of carboxylic acids is 1. The molecule has 1 aromatic heterocycles. The van der Waals surface area contributed by atoms with E-state index in [2.05, 4.69) is 5.32 Å². The molecule has 148 valence electrons. The Kier molecular flexibility index (Phi) is 5.60. The summed E-state index contributed by atoms with van der Waals surface area (Å²) in [7, 11) is 0. The lowest BCUT2D eigenvalue weighted by molar-refractivity contribution is -0.148. The standard InChI is InChI=1S/C20H27NO5S/c1-5-13-10(4)27-18(16(13)20(25)26-9(2)3)21-17(22)14-11-6-7-12(8-11)15(14)19(23)24/h9,11-12,14-15H,5-8H2,1-4H3,(H,21,22)(H,23,24). The van der Waals surface area contributed by atoms with Crippen molar-refractivity contribution >= 4 is 34.2 Å². The number of amides is 1. The second-order valence-electron chi connectivity index (χ2n) is 7.86. The number of thiophene rings is 1. The van der Waals surface area contributed by atoms with E-state index in [-0.39, 0.29) is 23.8 Å². The number of aliphatic carboxylic acids is 1. The number of carboxylic acid groups (broad SMARTS) is 1. The third-order valence-corrected chi connectivity index (χ3v) is 6.91. The second-order valence-corrected chi connectivity index (χ2v) is 9.09. The smallest absolute Gasteiger partial charge is 0.341 e. The van der Waals surface area contributed by atoms with Crippen LogP contribution in [0.3, 0.4) is 0 Å². The third kappa shape index (κ3) is 3.61. The minimum atomic E-state index is -0.890. The normalized spacial score (nSPS) is 26.4. The zero-order chi connectivity index (χ0) is 19.9. The number of aryl methyl sites for hydroxylation is 1. The lowest BCUT2D eigenvalue weighted by Crippen LogP contribution is -2.38. The summed E-state index contributed by atoms with van der Waals surface area (Å²) in [6.45, 7) is 7.45. The van der Waals surface area contributed by atoms with E-state index in [9.17, 15) is 19.5 Å². The highest BCUT2D eigenvalue weighted by molar-refractivity contribution is 7.16. The highest BCUT2D eigenvalue weighted by Gasteiger charge is 2.54. The molecule has 0 aliphatic heterocycles. The van der Waals surface area contributed by atoms with Gasteiger partial charge in [-0.1, -0.05) is 6.92 Å². The summed E-state index contributed by atoms with van der Waals surface area (Å²) in [5.41, 5.74) is 1.29. The molecule has 0 spiro atoms. The Morgan fingerprint density at radius 2 is 1.85 bits per heavy atom. The van der Waals surface area contributed by atoms with E-state index in [4.69, 9.17) is 4.74 Å². The third-order valence-electron chi connectivity index (χ3n) is 5.85. The average molecular weight is 394 g/mol. The van der Waals surface area contributed by atoms with Gasteiger partial charge in [0.2, 0.25) is 5.91 Å². The number of fused-ring (bicyclic) bond motifs is 2. The van der Waals surface area contributed by atoms with Crippen molar-refractivity contribution in [3.63, 3.8) is 0 Å². The number of carbonyl (C=O) groups excluding carboxylic acids is 2. The van der Waals surface area contributed by atoms with Crippen LogP contribution in [0.2, 0.25) is 0 Å². The molecule has 6 nitrogen and oxygen atoms in total. The zero-order valence-corrected chi connectivity index (χ0v) is 17.0. The molecule has 0 radical (unpaired) electrons. The molecule has 0 aromatic carbocycles. The molecule has 2 aliphatic rings. The molecule has 2 aliphatic carbocycles. The van der Waals surface area contributed by atoms with E-state index >= 15 is 0 Å². The van der Waals surface area contributed by atoms with Crippen LogP contribution in [0, 0.1) is 30.6 Å². The Balaban J connectivity index is 1.88. The predicted octanol–water partition coefficient (Wildman–Crippen LogP) is 3.87. The summed E-state index contributed by atoms with van der Waals surface area (Å²) >= 11 is 1.36. The van der Waals surface area contributed by atoms with Crippen molar-refractivity contribution in [1.29, 1.82) is 0 Å². The minimum Gasteiger partial charge on any atom is -0.481 e. The van der Waals surface area contributed by atoms with Crippen molar-refractivity contribution in [1.82, 2.24) is 0 Å². The van der Waals surface area contributed by atoms with Gasteiger partial charge in [0.1, 0.15) is 5.00 Å². The summed E-state index contributed by atoms with van der Waals surface area (Å²) in [6.07, 6.45) is 2.99. The van der Waals surface area contributed by atoms with Gasteiger partial charge in [-0.25, -0.2) is 4.79 Å². The molecular formula is C20H27NO5S. The Bertz CT molecular complexity index is 769. The summed E-state index contributed by atoms with van der Waals surface area (Å²) in [5.74, 6) is -2.55. The van der Waals surface area contributed by atoms with Crippen molar-refractivity contribution in [2.24, 2.45) is 23.7 Å². The van der Waals surface area contributed by atoms with Gasteiger partial charge in [0.25, 0.3) is 0 Å². The first kappa shape index (κ1) is 19.9. The van der Waals surface area contributed by atoms with E-state index in [0.717, 1.165) is 29.7 Å². The van der Waals surface area contributed by atoms with Crippen LogP contribution in [-0.2, 0) is 20.7 Å². The first-order chi connectivity index (χ1) is 12.7. The fourth-order valence-electron chi connectivity index (χ4n) is 4.80. The molecule has 4 unspecified atom stereocenters. The van der Waals surface area contributed by atoms with Crippen LogP contribution >= 0.6 is 11.3 Å². The SMILES string of the molecule is CCc1c(C)sc(NC(=O)C2C3CCC(C3)C2C(=O)O)c1C(=O)OC(C)C. The van der Waals surface area contributed by atoms with Gasteiger partial charge < -0.3 is 15.2 Å². The molecule has 2 saturated carbocycles. The minimum absolute atomic E-state index is 0.0879. The number of ether oxygens (including phenoxy) is 1. The van der Waals surface area contributed by atoms with E-state index < -0.39 is 23.8 Å². The molecule has 4 atom stereocenters. The molecule has 7 heteroatoms. The van der Waals surface area contributed by atoms with Crippen molar-refractivity contribution in [3.8, 4) is 0 Å². The molecule has 27 heavy (non-hydrogen) atoms. The van der Waals surface area contributed by atoms with Crippen molar-refractivity contribution < 1.29 is 24.2 Å². The van der Waals surface area contributed by atoms with Crippen LogP contribution in [0.25, 0.3) is 0 Å². The number of hydrogen-bond donors (Lipinski definition) is 2. The second kappa shape index (κ2) is 7.62. The maximum absolute atomic E-state index is 13.0. The van der Waals surface area contributed by atoms with Gasteiger partial charge in [-0.15, -0.1) is 11.3 Å². The maximum atomic E-state index is 13.0. The number of hydrogen-bond acceptors (Lipinski definition) is 5. The number of carbonyl (C=O) groups is 3. The summed E-state index contributed by atoms with van der Waals surface area (Å²) in [6, 6.07) is 0. The van der Waals surface area contributed by atoms with Crippen LogP contribution in [0.5, 0.6) is 0 Å². The van der Waals surface area contributed by atoms with E-state index in [1.54, 1.807) is 13.8 Å². The average Bonchev–Trinajstić information content (AvgIpc) is 3.25. The molecule has 1 amide bonds. The first-order valence-electron chi connectivity index (χ1n) is 9.61. The Labute approximate surface area is 163 Å². The quantitative estimate of drug-likeness (QED) is 0.716. The number of nitrogens with one attached hydrogen (secondary N) is 1. The number of anilines is 1. The van der Waals surface area contributed by atoms with Crippen molar-refractivity contribution in [2.75, 3.05) is 5.32 Å². The molecule has 1 heterocycles. The van der Waals surface area contributed by atoms with Gasteiger partial charge in [0.05, 0.1) is 23.5 Å². The van der Waals surface area contributed by atoms with Crippen LogP contribution in [0.1, 0.15) is 60.8 Å². The molecule has 2 N–H and O–H groups in total. The van der Waals surface area contributed by atoms with Gasteiger partial charge in [-0.05, 0) is 63.9 Å². The molecule has 0 saturated heterocycles. The number of rotatable bonds is 6. The summed E-state index contributed by atoms with van der Waals surface area (Å²) in [5, 5.41) is 13.0. The fraction of sp³-hybridized carbons (Fsp3) is 0.650. The Morgan fingerprint density at radius 1 is 1.22 bits per heavy atom. The molecular weight excluding hydrogens is 366 g/mol. The topological polar surface area (TPSA) is 92.7 Å². The van der Waals surface area contributed by atoms with Crippen LogP contribution in [0.4, 0.5) is 5.00 Å². The lowest BCUT2D eigenvalue weighted by Gasteiger charge is -2.27. The van der Waals surface area contributed by atoms with Crippen molar-refractivity contribution in [3.05, 3.63) is 16.0 Å². The highest BCUT2D eigenvalue weighted by Crippen LogP contribution is 2.53. The monoisotopic (exact) mass is 393 g/mol. The van der Waals surface area contributed by atoms with E-state index in [1.165, 1.54) is 11.3 Å². The molecule has 2 fully saturated rings. The Hall–Kier alpha value is -1.89. The van der Waals surface area contributed by atoms with Gasteiger partial charge in [0.15, 0.2) is 0 Å². The highest BCUT2D eigenvalue weighted by atomic mass is 32.1. The van der Waals surface area contributed by atoms with Gasteiger partial charge >= 0.3 is 11.9 Å². The fourth-order valence-corrected chi connectivity index (χ4v) is 5.94. The largest absolute Gasteiger partial charge is 0.481 e. The summed E-state index contributed by atoms with van der Waals surface area (Å²) in [4.78, 5) is 38.3. The maximum Gasteiger partial charge on any atom is 0.341 e. The van der Waals surface area contributed by atoms with Gasteiger partial charge in [-0.2, -0.15) is 0 Å². The van der Waals surface area contributed by atoms with Gasteiger partial charge in [-0.3, -0.25) is 9.59 Å². The zero-order valence-electron chi connectivity index (χ0n) is 16.2. The van der Waals surface area contributed by atoms with Crippen molar-refractivity contribution in [2.45, 2.75) is 59.5 Å². The van der Waals surface area contributed by atoms with E-state index in [0.29, 0.717) is 17.0 Å².